The van der Waals surface area contributed by atoms with Crippen LogP contribution >= 0.6 is 0 Å². The van der Waals surface area contributed by atoms with Crippen molar-refractivity contribution in [3.63, 3.8) is 0 Å². The maximum absolute atomic E-state index is 12.9. The van der Waals surface area contributed by atoms with E-state index in [2.05, 4.69) is 0 Å². The molecular weight excluding hydrogens is 424 g/mol. The number of carbonyl (C=O) groups is 3. The lowest BCUT2D eigenvalue weighted by Gasteiger charge is -2.43. The van der Waals surface area contributed by atoms with E-state index in [0.717, 1.165) is 5.56 Å². The van der Waals surface area contributed by atoms with Crippen molar-refractivity contribution in [2.45, 2.75) is 45.3 Å². The number of hydrogen-bond acceptors (Lipinski definition) is 7. The molecular formula is C26H30O7. The van der Waals surface area contributed by atoms with Crippen LogP contribution in [0, 0.1) is 11.8 Å². The molecule has 2 aromatic rings. The van der Waals surface area contributed by atoms with Crippen molar-refractivity contribution < 1.29 is 33.7 Å². The van der Waals surface area contributed by atoms with Gasteiger partial charge in [0.15, 0.2) is 5.78 Å². The van der Waals surface area contributed by atoms with Gasteiger partial charge in [-0.25, -0.2) is 0 Å². The Balaban J connectivity index is 1.94. The Bertz CT molecular complexity index is 966. The molecule has 4 atom stereocenters. The molecule has 0 unspecified atom stereocenters. The second-order valence-corrected chi connectivity index (χ2v) is 8.33. The smallest absolute Gasteiger partial charge is 0.317 e. The van der Waals surface area contributed by atoms with Gasteiger partial charge in [0.2, 0.25) is 0 Å². The van der Waals surface area contributed by atoms with Gasteiger partial charge in [-0.05, 0) is 44.0 Å². The second-order valence-electron chi connectivity index (χ2n) is 8.33. The molecule has 0 bridgehead atoms. The van der Waals surface area contributed by atoms with Crippen molar-refractivity contribution >= 4 is 17.7 Å². The summed E-state index contributed by atoms with van der Waals surface area (Å²) < 4.78 is 16.2. The summed E-state index contributed by atoms with van der Waals surface area (Å²) in [7, 11) is 0. The van der Waals surface area contributed by atoms with Crippen LogP contribution in [0.25, 0.3) is 0 Å². The fraction of sp³-hybridized carbons (Fsp3) is 0.423. The van der Waals surface area contributed by atoms with Gasteiger partial charge < -0.3 is 19.3 Å². The first-order valence-corrected chi connectivity index (χ1v) is 11.1. The summed E-state index contributed by atoms with van der Waals surface area (Å²) in [4.78, 5) is 38.6. The van der Waals surface area contributed by atoms with Gasteiger partial charge in [-0.1, -0.05) is 42.5 Å². The summed E-state index contributed by atoms with van der Waals surface area (Å²) in [5, 5.41) is 11.0. The number of hydrogen-bond donors (Lipinski definition) is 1. The van der Waals surface area contributed by atoms with Gasteiger partial charge in [-0.15, -0.1) is 0 Å². The molecule has 7 nitrogen and oxygen atoms in total. The Morgan fingerprint density at radius 2 is 1.58 bits per heavy atom. The minimum Gasteiger partial charge on any atom is -0.489 e. The minimum absolute atomic E-state index is 0.0993. The van der Waals surface area contributed by atoms with Gasteiger partial charge in [0.05, 0.1) is 24.7 Å². The molecule has 1 aliphatic rings. The minimum atomic E-state index is -1.67. The Morgan fingerprint density at radius 1 is 0.970 bits per heavy atom. The third-order valence-corrected chi connectivity index (χ3v) is 5.86. The number of carbonyl (C=O) groups excluding carboxylic acids is 3. The second kappa shape index (κ2) is 10.6. The molecule has 0 aliphatic heterocycles. The zero-order chi connectivity index (χ0) is 24.0. The van der Waals surface area contributed by atoms with Crippen molar-refractivity contribution in [3.8, 4) is 5.75 Å². The third-order valence-electron chi connectivity index (χ3n) is 5.86. The van der Waals surface area contributed by atoms with Gasteiger partial charge in [0.25, 0.3) is 0 Å². The Labute approximate surface area is 193 Å². The predicted molar refractivity (Wildman–Crippen MR) is 120 cm³/mol. The molecule has 1 aliphatic carbocycles. The molecule has 0 saturated heterocycles. The average molecular weight is 455 g/mol. The summed E-state index contributed by atoms with van der Waals surface area (Å²) in [5.41, 5.74) is -0.105. The van der Waals surface area contributed by atoms with E-state index in [1.165, 1.54) is 6.92 Å². The number of benzene rings is 2. The molecule has 0 radical (unpaired) electrons. The Hall–Kier alpha value is -3.19. The zero-order valence-corrected chi connectivity index (χ0v) is 19.2. The quantitative estimate of drug-likeness (QED) is 0.482. The van der Waals surface area contributed by atoms with Crippen molar-refractivity contribution in [2.24, 2.45) is 11.8 Å². The Kier molecular flexibility index (Phi) is 7.87. The highest BCUT2D eigenvalue weighted by Gasteiger charge is 2.57. The maximum Gasteiger partial charge on any atom is 0.317 e. The van der Waals surface area contributed by atoms with E-state index in [1.807, 2.05) is 30.3 Å². The number of aliphatic hydroxyl groups is 1. The third kappa shape index (κ3) is 5.60. The fourth-order valence-electron chi connectivity index (χ4n) is 4.41. The molecule has 0 amide bonds. The molecule has 176 valence electrons. The van der Waals surface area contributed by atoms with Crippen LogP contribution in [-0.2, 0) is 30.5 Å². The van der Waals surface area contributed by atoms with Crippen molar-refractivity contribution in [1.82, 2.24) is 0 Å². The SMILES string of the molecule is CCOC(=O)[C@@H]1C(=O)C[C@](C)(O)[C@@H](C(=O)OCC)[C@H]1c1ccc(OCc2ccccc2)cc1. The summed E-state index contributed by atoms with van der Waals surface area (Å²) >= 11 is 0. The fourth-order valence-corrected chi connectivity index (χ4v) is 4.41. The highest BCUT2D eigenvalue weighted by atomic mass is 16.5. The number of esters is 2. The summed E-state index contributed by atoms with van der Waals surface area (Å²) in [5.74, 6) is -4.48. The lowest BCUT2D eigenvalue weighted by Crippen LogP contribution is -2.55. The molecule has 1 saturated carbocycles. The van der Waals surface area contributed by atoms with Crippen molar-refractivity contribution in [3.05, 3.63) is 65.7 Å². The molecule has 3 rings (SSSR count). The molecule has 0 spiro atoms. The number of rotatable bonds is 8. The first-order valence-electron chi connectivity index (χ1n) is 11.1. The predicted octanol–water partition coefficient (Wildman–Crippen LogP) is 3.43. The van der Waals surface area contributed by atoms with Crippen LogP contribution in [0.5, 0.6) is 5.75 Å². The summed E-state index contributed by atoms with van der Waals surface area (Å²) in [6.45, 7) is 5.34. The monoisotopic (exact) mass is 454 g/mol. The van der Waals surface area contributed by atoms with E-state index in [-0.39, 0.29) is 19.6 Å². The molecule has 1 N–H and O–H groups in total. The van der Waals surface area contributed by atoms with Crippen LogP contribution in [0.1, 0.15) is 44.2 Å². The standard InChI is InChI=1S/C26H30O7/c1-4-31-24(28)22-20(27)15-26(3,30)23(25(29)32-5-2)21(22)18-11-13-19(14-12-18)33-16-17-9-7-6-8-10-17/h6-14,21-23,30H,4-5,15-16H2,1-3H3/t21-,22+,23+,26-/m0/s1. The molecule has 0 aromatic heterocycles. The topological polar surface area (TPSA) is 99.1 Å². The van der Waals surface area contributed by atoms with Gasteiger partial charge >= 0.3 is 11.9 Å². The highest BCUT2D eigenvalue weighted by molar-refractivity contribution is 6.02. The van der Waals surface area contributed by atoms with E-state index in [0.29, 0.717) is 17.9 Å². The first kappa shape index (κ1) is 24.5. The van der Waals surface area contributed by atoms with Gasteiger partial charge in [0.1, 0.15) is 18.3 Å². The number of ketones is 1. The van der Waals surface area contributed by atoms with E-state index in [4.69, 9.17) is 14.2 Å². The normalized spacial score (nSPS) is 24.7. The molecule has 2 aromatic carbocycles. The van der Waals surface area contributed by atoms with Gasteiger partial charge in [0, 0.05) is 12.3 Å². The molecule has 1 fully saturated rings. The number of ether oxygens (including phenoxy) is 3. The van der Waals surface area contributed by atoms with E-state index in [9.17, 15) is 19.5 Å². The van der Waals surface area contributed by atoms with Gasteiger partial charge in [-0.3, -0.25) is 14.4 Å². The summed E-state index contributed by atoms with van der Waals surface area (Å²) in [6, 6.07) is 16.6. The Morgan fingerprint density at radius 3 is 2.18 bits per heavy atom. The van der Waals surface area contributed by atoms with Crippen molar-refractivity contribution in [2.75, 3.05) is 13.2 Å². The van der Waals surface area contributed by atoms with E-state index >= 15 is 0 Å². The number of Topliss-reactive ketones (excluding diaryl/α,β-unsaturated/α-hetero) is 1. The van der Waals surface area contributed by atoms with Crippen LogP contribution < -0.4 is 4.74 Å². The molecule has 33 heavy (non-hydrogen) atoms. The van der Waals surface area contributed by atoms with E-state index in [1.54, 1.807) is 38.1 Å². The van der Waals surface area contributed by atoms with Crippen LogP contribution in [0.3, 0.4) is 0 Å². The van der Waals surface area contributed by atoms with Gasteiger partial charge in [-0.2, -0.15) is 0 Å². The zero-order valence-electron chi connectivity index (χ0n) is 19.2. The largest absolute Gasteiger partial charge is 0.489 e. The van der Waals surface area contributed by atoms with Crippen LogP contribution in [0.15, 0.2) is 54.6 Å². The summed E-state index contributed by atoms with van der Waals surface area (Å²) in [6.07, 6.45) is -0.339. The van der Waals surface area contributed by atoms with E-state index < -0.39 is 41.1 Å². The highest BCUT2D eigenvalue weighted by Crippen LogP contribution is 2.47. The van der Waals surface area contributed by atoms with Crippen LogP contribution in [-0.4, -0.2) is 41.6 Å². The van der Waals surface area contributed by atoms with Crippen molar-refractivity contribution in [1.29, 1.82) is 0 Å². The maximum atomic E-state index is 12.9. The lowest BCUT2D eigenvalue weighted by atomic mass is 9.61. The van der Waals surface area contributed by atoms with Crippen LogP contribution in [0.4, 0.5) is 0 Å². The lowest BCUT2D eigenvalue weighted by molar-refractivity contribution is -0.172. The van der Waals surface area contributed by atoms with Crippen LogP contribution in [0.2, 0.25) is 0 Å². The molecule has 7 heteroatoms. The molecule has 0 heterocycles. The first-order chi connectivity index (χ1) is 15.8. The average Bonchev–Trinajstić information content (AvgIpc) is 2.78.